The van der Waals surface area contributed by atoms with Gasteiger partial charge in [0.1, 0.15) is 12.3 Å². The Morgan fingerprint density at radius 3 is 2.24 bits per heavy atom. The Balaban J connectivity index is 1.82. The maximum Gasteiger partial charge on any atom is 0.264 e. The molecular formula is C26H30N2O4S2. The van der Waals surface area contributed by atoms with Crippen molar-refractivity contribution in [1.82, 2.24) is 5.32 Å². The van der Waals surface area contributed by atoms with Gasteiger partial charge in [0.05, 0.1) is 17.2 Å². The standard InChI is InChI=1S/C26H30N2O4S2/c1-4-32-23-12-10-22(11-13-23)28(34(30,31)25-16-14-24(33-3)15-17-25)19-26(29)27-18-20(2)21-8-6-5-7-9-21/h5-17,20H,4,18-19H2,1-3H3,(H,27,29). The lowest BCUT2D eigenvalue weighted by atomic mass is 10.0. The van der Waals surface area contributed by atoms with Gasteiger partial charge in [0.2, 0.25) is 5.91 Å². The van der Waals surface area contributed by atoms with E-state index in [1.165, 1.54) is 11.8 Å². The quantitative estimate of drug-likeness (QED) is 0.380. The van der Waals surface area contributed by atoms with Gasteiger partial charge in [0.15, 0.2) is 0 Å². The van der Waals surface area contributed by atoms with Crippen molar-refractivity contribution in [3.63, 3.8) is 0 Å². The second-order valence-corrected chi connectivity index (χ2v) is 10.5. The van der Waals surface area contributed by atoms with Crippen LogP contribution >= 0.6 is 11.8 Å². The minimum absolute atomic E-state index is 0.0970. The molecule has 0 saturated heterocycles. The molecule has 6 nitrogen and oxygen atoms in total. The fourth-order valence-electron chi connectivity index (χ4n) is 3.42. The first-order chi connectivity index (χ1) is 16.3. The molecular weight excluding hydrogens is 468 g/mol. The van der Waals surface area contributed by atoms with Gasteiger partial charge >= 0.3 is 0 Å². The molecule has 34 heavy (non-hydrogen) atoms. The Kier molecular flexibility index (Phi) is 9.01. The van der Waals surface area contributed by atoms with Gasteiger partial charge in [-0.05, 0) is 73.2 Å². The molecule has 3 aromatic rings. The molecule has 0 aliphatic heterocycles. The van der Waals surface area contributed by atoms with Gasteiger partial charge in [-0.2, -0.15) is 0 Å². The molecule has 0 spiro atoms. The normalized spacial score (nSPS) is 12.1. The molecule has 3 aromatic carbocycles. The first-order valence-electron chi connectivity index (χ1n) is 11.1. The lowest BCUT2D eigenvalue weighted by Crippen LogP contribution is -2.41. The largest absolute Gasteiger partial charge is 0.494 e. The molecule has 0 radical (unpaired) electrons. The average molecular weight is 499 g/mol. The minimum atomic E-state index is -3.97. The van der Waals surface area contributed by atoms with Crippen LogP contribution in [-0.2, 0) is 14.8 Å². The topological polar surface area (TPSA) is 75.7 Å². The molecule has 1 atom stereocenters. The number of anilines is 1. The van der Waals surface area contributed by atoms with Crippen LogP contribution in [0.2, 0.25) is 0 Å². The molecule has 0 saturated carbocycles. The van der Waals surface area contributed by atoms with Gasteiger partial charge in [-0.1, -0.05) is 37.3 Å². The molecule has 0 fully saturated rings. The first kappa shape index (κ1) is 25.6. The molecule has 0 aliphatic rings. The third-order valence-electron chi connectivity index (χ3n) is 5.34. The number of sulfonamides is 1. The fraction of sp³-hybridized carbons (Fsp3) is 0.269. The summed E-state index contributed by atoms with van der Waals surface area (Å²) in [6.45, 7) is 4.48. The van der Waals surface area contributed by atoms with E-state index in [2.05, 4.69) is 5.32 Å². The maximum absolute atomic E-state index is 13.5. The van der Waals surface area contributed by atoms with Crippen LogP contribution in [0.3, 0.4) is 0 Å². The number of thioether (sulfide) groups is 1. The summed E-state index contributed by atoms with van der Waals surface area (Å²) in [5.41, 5.74) is 1.50. The number of carbonyl (C=O) groups excluding carboxylic acids is 1. The van der Waals surface area contributed by atoms with Gasteiger partial charge in [0.25, 0.3) is 10.0 Å². The number of rotatable bonds is 11. The van der Waals surface area contributed by atoms with E-state index in [1.54, 1.807) is 48.5 Å². The van der Waals surface area contributed by atoms with E-state index in [-0.39, 0.29) is 23.3 Å². The summed E-state index contributed by atoms with van der Waals surface area (Å²) in [5, 5.41) is 2.88. The van der Waals surface area contributed by atoms with E-state index in [0.717, 1.165) is 14.8 Å². The lowest BCUT2D eigenvalue weighted by Gasteiger charge is -2.25. The molecule has 1 amide bonds. The van der Waals surface area contributed by atoms with E-state index in [9.17, 15) is 13.2 Å². The number of nitrogens with one attached hydrogen (secondary N) is 1. The highest BCUT2D eigenvalue weighted by Gasteiger charge is 2.27. The van der Waals surface area contributed by atoms with E-state index >= 15 is 0 Å². The van der Waals surface area contributed by atoms with Gasteiger partial charge < -0.3 is 10.1 Å². The van der Waals surface area contributed by atoms with E-state index in [4.69, 9.17) is 4.74 Å². The van der Waals surface area contributed by atoms with Gasteiger partial charge in [-0.15, -0.1) is 11.8 Å². The zero-order valence-corrected chi connectivity index (χ0v) is 21.2. The second-order valence-electron chi connectivity index (χ2n) is 7.73. The SMILES string of the molecule is CCOc1ccc(N(CC(=O)NCC(C)c2ccccc2)S(=O)(=O)c2ccc(SC)cc2)cc1. The number of hydrogen-bond acceptors (Lipinski definition) is 5. The van der Waals surface area contributed by atoms with Crippen molar-refractivity contribution in [1.29, 1.82) is 0 Å². The van der Waals surface area contributed by atoms with Crippen molar-refractivity contribution in [2.24, 2.45) is 0 Å². The predicted octanol–water partition coefficient (Wildman–Crippen LogP) is 4.92. The van der Waals surface area contributed by atoms with Crippen LogP contribution in [0, 0.1) is 0 Å². The van der Waals surface area contributed by atoms with Crippen LogP contribution < -0.4 is 14.4 Å². The first-order valence-corrected chi connectivity index (χ1v) is 13.7. The molecule has 0 aliphatic carbocycles. The zero-order valence-electron chi connectivity index (χ0n) is 19.6. The number of nitrogens with zero attached hydrogens (tertiary/aromatic N) is 1. The maximum atomic E-state index is 13.5. The lowest BCUT2D eigenvalue weighted by molar-refractivity contribution is -0.119. The molecule has 0 bridgehead atoms. The van der Waals surface area contributed by atoms with Crippen LogP contribution in [-0.4, -0.2) is 40.3 Å². The van der Waals surface area contributed by atoms with E-state index in [1.807, 2.05) is 50.4 Å². The van der Waals surface area contributed by atoms with Gasteiger partial charge in [-0.3, -0.25) is 9.10 Å². The summed E-state index contributed by atoms with van der Waals surface area (Å²) < 4.78 is 33.7. The van der Waals surface area contributed by atoms with E-state index < -0.39 is 10.0 Å². The zero-order chi connectivity index (χ0) is 24.6. The van der Waals surface area contributed by atoms with Crippen molar-refractivity contribution in [2.45, 2.75) is 29.6 Å². The van der Waals surface area contributed by atoms with Gasteiger partial charge in [-0.25, -0.2) is 8.42 Å². The molecule has 180 valence electrons. The summed E-state index contributed by atoms with van der Waals surface area (Å²) in [4.78, 5) is 14.0. The highest BCUT2D eigenvalue weighted by atomic mass is 32.2. The number of carbonyl (C=O) groups is 1. The summed E-state index contributed by atoms with van der Waals surface area (Å²) in [7, 11) is -3.97. The summed E-state index contributed by atoms with van der Waals surface area (Å²) in [6, 6.07) is 23.2. The molecule has 3 rings (SSSR count). The Bertz CT molecular complexity index is 1170. The Labute approximate surface area is 206 Å². The highest BCUT2D eigenvalue weighted by Crippen LogP contribution is 2.27. The van der Waals surface area contributed by atoms with Crippen molar-refractivity contribution in [3.05, 3.63) is 84.4 Å². The van der Waals surface area contributed by atoms with Crippen LogP contribution in [0.4, 0.5) is 5.69 Å². The Hall–Kier alpha value is -2.97. The van der Waals surface area contributed by atoms with Crippen LogP contribution in [0.1, 0.15) is 25.3 Å². The van der Waals surface area contributed by atoms with Crippen molar-refractivity contribution < 1.29 is 17.9 Å². The van der Waals surface area contributed by atoms with E-state index in [0.29, 0.717) is 24.6 Å². The van der Waals surface area contributed by atoms with Crippen molar-refractivity contribution >= 4 is 33.4 Å². The summed E-state index contributed by atoms with van der Waals surface area (Å²) >= 11 is 1.53. The Morgan fingerprint density at radius 1 is 1.00 bits per heavy atom. The van der Waals surface area contributed by atoms with Crippen LogP contribution in [0.15, 0.2) is 88.7 Å². The predicted molar refractivity (Wildman–Crippen MR) is 138 cm³/mol. The number of hydrogen-bond donors (Lipinski definition) is 1. The Morgan fingerprint density at radius 2 is 1.65 bits per heavy atom. The van der Waals surface area contributed by atoms with Gasteiger partial charge in [0, 0.05) is 11.4 Å². The van der Waals surface area contributed by atoms with Crippen molar-refractivity contribution in [2.75, 3.05) is 30.3 Å². The minimum Gasteiger partial charge on any atom is -0.494 e. The fourth-order valence-corrected chi connectivity index (χ4v) is 5.25. The summed E-state index contributed by atoms with van der Waals surface area (Å²) in [5.74, 6) is 0.356. The molecule has 1 N–H and O–H groups in total. The molecule has 8 heteroatoms. The van der Waals surface area contributed by atoms with Crippen LogP contribution in [0.5, 0.6) is 5.75 Å². The molecule has 0 aromatic heterocycles. The molecule has 0 heterocycles. The highest BCUT2D eigenvalue weighted by molar-refractivity contribution is 7.98. The molecule has 1 unspecified atom stereocenters. The number of ether oxygens (including phenoxy) is 1. The third kappa shape index (κ3) is 6.55. The van der Waals surface area contributed by atoms with Crippen LogP contribution in [0.25, 0.3) is 0 Å². The van der Waals surface area contributed by atoms with Crippen molar-refractivity contribution in [3.8, 4) is 5.75 Å². The smallest absolute Gasteiger partial charge is 0.264 e. The number of benzene rings is 3. The monoisotopic (exact) mass is 498 g/mol. The average Bonchev–Trinajstić information content (AvgIpc) is 2.87. The number of amides is 1. The summed E-state index contributed by atoms with van der Waals surface area (Å²) in [6.07, 6.45) is 1.93. The second kappa shape index (κ2) is 11.9. The third-order valence-corrected chi connectivity index (χ3v) is 7.88.